The molecule has 0 bridgehead atoms. The molecule has 1 aromatic heterocycles. The van der Waals surface area contributed by atoms with Gasteiger partial charge in [0, 0.05) is 5.56 Å². The van der Waals surface area contributed by atoms with Crippen molar-refractivity contribution in [2.45, 2.75) is 6.36 Å². The maximum atomic E-state index is 12.1. The van der Waals surface area contributed by atoms with E-state index in [4.69, 9.17) is 0 Å². The minimum Gasteiger partial charge on any atom is -0.405 e. The zero-order valence-corrected chi connectivity index (χ0v) is 7.95. The summed E-state index contributed by atoms with van der Waals surface area (Å²) < 4.78 is 40.3. The largest absolute Gasteiger partial charge is 0.573 e. The monoisotopic (exact) mass is 228 g/mol. The first-order valence-electron chi connectivity index (χ1n) is 4.40. The van der Waals surface area contributed by atoms with Crippen LogP contribution in [0.1, 0.15) is 0 Å². The first kappa shape index (κ1) is 10.5. The topological polar surface area (TPSA) is 37.9 Å². The van der Waals surface area contributed by atoms with Crippen molar-refractivity contribution in [1.29, 1.82) is 0 Å². The Labute approximate surface area is 88.9 Å². The van der Waals surface area contributed by atoms with Crippen LogP contribution in [0.2, 0.25) is 0 Å². The number of para-hydroxylation sites is 1. The first-order valence-corrected chi connectivity index (χ1v) is 4.40. The molecule has 3 nitrogen and oxygen atoms in total. The lowest BCUT2D eigenvalue weighted by molar-refractivity contribution is -0.274. The number of rotatable bonds is 2. The highest BCUT2D eigenvalue weighted by Gasteiger charge is 2.32. The van der Waals surface area contributed by atoms with Gasteiger partial charge in [0.25, 0.3) is 0 Å². The van der Waals surface area contributed by atoms with Gasteiger partial charge in [0.1, 0.15) is 5.75 Å². The van der Waals surface area contributed by atoms with Gasteiger partial charge >= 0.3 is 6.36 Å². The zero-order chi connectivity index (χ0) is 11.6. The van der Waals surface area contributed by atoms with E-state index in [2.05, 4.69) is 14.7 Å². The Morgan fingerprint density at radius 3 is 2.56 bits per heavy atom. The summed E-state index contributed by atoms with van der Waals surface area (Å²) in [6.07, 6.45) is -1.88. The summed E-state index contributed by atoms with van der Waals surface area (Å²) in [7, 11) is 0. The number of alkyl halides is 3. The molecular formula is C10H7F3N2O. The second-order valence-corrected chi connectivity index (χ2v) is 3.01. The molecule has 0 aliphatic heterocycles. The van der Waals surface area contributed by atoms with Gasteiger partial charge in [-0.15, -0.1) is 13.2 Å². The summed E-state index contributed by atoms with van der Waals surface area (Å²) in [5.74, 6) is -0.251. The number of H-pyrrole nitrogens is 1. The molecule has 0 saturated heterocycles. The lowest BCUT2D eigenvalue weighted by Gasteiger charge is -2.11. The van der Waals surface area contributed by atoms with Gasteiger partial charge in [-0.25, -0.2) is 4.98 Å². The summed E-state index contributed by atoms with van der Waals surface area (Å²) in [6.45, 7) is 0. The first-order chi connectivity index (χ1) is 7.56. The van der Waals surface area contributed by atoms with E-state index in [1.807, 2.05) is 0 Å². The van der Waals surface area contributed by atoms with E-state index in [1.165, 1.54) is 30.7 Å². The van der Waals surface area contributed by atoms with Crippen LogP contribution in [0, 0.1) is 0 Å². The Kier molecular flexibility index (Phi) is 2.55. The fourth-order valence-electron chi connectivity index (χ4n) is 1.31. The number of halogens is 3. The van der Waals surface area contributed by atoms with Crippen molar-refractivity contribution in [3.63, 3.8) is 0 Å². The van der Waals surface area contributed by atoms with Crippen molar-refractivity contribution in [3.8, 4) is 17.0 Å². The Hall–Kier alpha value is -1.98. The second kappa shape index (κ2) is 3.88. The maximum absolute atomic E-state index is 12.1. The highest BCUT2D eigenvalue weighted by atomic mass is 19.4. The average molecular weight is 228 g/mol. The maximum Gasteiger partial charge on any atom is 0.573 e. The van der Waals surface area contributed by atoms with Crippen LogP contribution in [0.15, 0.2) is 36.8 Å². The van der Waals surface area contributed by atoms with Crippen LogP contribution in [-0.4, -0.2) is 16.3 Å². The molecule has 16 heavy (non-hydrogen) atoms. The molecule has 6 heteroatoms. The number of hydrogen-bond acceptors (Lipinski definition) is 2. The zero-order valence-electron chi connectivity index (χ0n) is 7.95. The molecular weight excluding hydrogens is 221 g/mol. The van der Waals surface area contributed by atoms with Crippen molar-refractivity contribution >= 4 is 0 Å². The van der Waals surface area contributed by atoms with Gasteiger partial charge in [0.2, 0.25) is 0 Å². The van der Waals surface area contributed by atoms with E-state index in [9.17, 15) is 13.2 Å². The molecule has 2 aromatic rings. The fourth-order valence-corrected chi connectivity index (χ4v) is 1.31. The summed E-state index contributed by atoms with van der Waals surface area (Å²) in [5.41, 5.74) is 0.789. The Bertz CT molecular complexity index is 465. The second-order valence-electron chi connectivity index (χ2n) is 3.01. The predicted octanol–water partition coefficient (Wildman–Crippen LogP) is 2.98. The van der Waals surface area contributed by atoms with E-state index < -0.39 is 6.36 Å². The predicted molar refractivity (Wildman–Crippen MR) is 50.7 cm³/mol. The molecule has 0 unspecified atom stereocenters. The van der Waals surface area contributed by atoms with E-state index in [-0.39, 0.29) is 5.75 Å². The highest BCUT2D eigenvalue weighted by molar-refractivity contribution is 5.66. The van der Waals surface area contributed by atoms with Crippen molar-refractivity contribution in [3.05, 3.63) is 36.8 Å². The molecule has 0 aliphatic carbocycles. The lowest BCUT2D eigenvalue weighted by Crippen LogP contribution is -2.17. The molecule has 84 valence electrons. The van der Waals surface area contributed by atoms with Gasteiger partial charge in [0.05, 0.1) is 18.2 Å². The van der Waals surface area contributed by atoms with Gasteiger partial charge < -0.3 is 9.72 Å². The van der Waals surface area contributed by atoms with Gasteiger partial charge in [-0.05, 0) is 12.1 Å². The van der Waals surface area contributed by atoms with Crippen molar-refractivity contribution in [2.24, 2.45) is 0 Å². The number of aromatic amines is 1. The van der Waals surface area contributed by atoms with Gasteiger partial charge in [-0.1, -0.05) is 12.1 Å². The molecule has 1 heterocycles. The smallest absolute Gasteiger partial charge is 0.405 e. The molecule has 2 rings (SSSR count). The normalized spacial score (nSPS) is 11.4. The standard InChI is InChI=1S/C10H7F3N2O/c11-10(12,13)16-9-4-2-1-3-7(9)8-5-14-6-15-8/h1-6H,(H,14,15). The van der Waals surface area contributed by atoms with E-state index in [1.54, 1.807) is 6.07 Å². The minimum absolute atomic E-state index is 0.251. The number of ether oxygens (including phenoxy) is 1. The van der Waals surface area contributed by atoms with E-state index >= 15 is 0 Å². The molecule has 0 aliphatic rings. The molecule has 0 saturated carbocycles. The van der Waals surface area contributed by atoms with Crippen LogP contribution in [0.3, 0.4) is 0 Å². The third kappa shape index (κ3) is 2.33. The Morgan fingerprint density at radius 2 is 1.94 bits per heavy atom. The number of benzene rings is 1. The summed E-state index contributed by atoms with van der Waals surface area (Å²) in [4.78, 5) is 6.46. The summed E-state index contributed by atoms with van der Waals surface area (Å²) in [5, 5.41) is 0. The fraction of sp³-hybridized carbons (Fsp3) is 0.100. The highest BCUT2D eigenvalue weighted by Crippen LogP contribution is 2.32. The molecule has 0 amide bonds. The molecule has 1 aromatic carbocycles. The number of aromatic nitrogens is 2. The third-order valence-electron chi connectivity index (χ3n) is 1.90. The van der Waals surface area contributed by atoms with Gasteiger partial charge in [-0.3, -0.25) is 0 Å². The van der Waals surface area contributed by atoms with Crippen LogP contribution in [-0.2, 0) is 0 Å². The van der Waals surface area contributed by atoms with Crippen molar-refractivity contribution in [2.75, 3.05) is 0 Å². The average Bonchev–Trinajstić information content (AvgIpc) is 2.69. The van der Waals surface area contributed by atoms with Crippen LogP contribution < -0.4 is 4.74 Å². The number of nitrogens with zero attached hydrogens (tertiary/aromatic N) is 1. The summed E-state index contributed by atoms with van der Waals surface area (Å²) >= 11 is 0. The quantitative estimate of drug-likeness (QED) is 0.857. The van der Waals surface area contributed by atoms with Gasteiger partial charge in [0.15, 0.2) is 0 Å². The SMILES string of the molecule is FC(F)(F)Oc1ccccc1-c1cnc[nH]1. The molecule has 0 spiro atoms. The van der Waals surface area contributed by atoms with E-state index in [0.717, 1.165) is 0 Å². The Morgan fingerprint density at radius 1 is 1.19 bits per heavy atom. The number of hydrogen-bond donors (Lipinski definition) is 1. The van der Waals surface area contributed by atoms with Gasteiger partial charge in [-0.2, -0.15) is 0 Å². The van der Waals surface area contributed by atoms with Crippen LogP contribution in [0.4, 0.5) is 13.2 Å². The minimum atomic E-state index is -4.70. The van der Waals surface area contributed by atoms with Crippen LogP contribution >= 0.6 is 0 Å². The van der Waals surface area contributed by atoms with Crippen LogP contribution in [0.25, 0.3) is 11.3 Å². The molecule has 0 atom stereocenters. The number of imidazole rings is 1. The Balaban J connectivity index is 2.39. The molecule has 0 fully saturated rings. The molecule has 1 N–H and O–H groups in total. The van der Waals surface area contributed by atoms with E-state index in [0.29, 0.717) is 11.3 Å². The van der Waals surface area contributed by atoms with Crippen molar-refractivity contribution in [1.82, 2.24) is 9.97 Å². The molecule has 0 radical (unpaired) electrons. The number of nitrogens with one attached hydrogen (secondary N) is 1. The van der Waals surface area contributed by atoms with Crippen molar-refractivity contribution < 1.29 is 17.9 Å². The van der Waals surface area contributed by atoms with Crippen LogP contribution in [0.5, 0.6) is 5.75 Å². The third-order valence-corrected chi connectivity index (χ3v) is 1.90. The summed E-state index contributed by atoms with van der Waals surface area (Å²) in [6, 6.07) is 5.87. The lowest BCUT2D eigenvalue weighted by atomic mass is 10.1.